The lowest BCUT2D eigenvalue weighted by Gasteiger charge is -2.41. The Morgan fingerprint density at radius 3 is 2.89 bits per heavy atom. The van der Waals surface area contributed by atoms with E-state index in [-0.39, 0.29) is 0 Å². The van der Waals surface area contributed by atoms with E-state index < -0.39 is 5.91 Å². The predicted octanol–water partition coefficient (Wildman–Crippen LogP) is 1.55. The second kappa shape index (κ2) is 5.06. The Balaban J connectivity index is 2.38. The van der Waals surface area contributed by atoms with Crippen LogP contribution in [0.1, 0.15) is 41.4 Å². The van der Waals surface area contributed by atoms with Crippen molar-refractivity contribution in [2.75, 3.05) is 13.6 Å². The number of carbonyl (C=O) groups is 1. The average Bonchev–Trinajstić information content (AvgIpc) is 2.37. The molecule has 0 aliphatic carbocycles. The van der Waals surface area contributed by atoms with Crippen LogP contribution in [0.4, 0.5) is 0 Å². The van der Waals surface area contributed by atoms with E-state index in [4.69, 9.17) is 5.21 Å². The molecule has 98 valence electrons. The van der Waals surface area contributed by atoms with Gasteiger partial charge in [0.05, 0.1) is 0 Å². The van der Waals surface area contributed by atoms with Gasteiger partial charge in [-0.2, -0.15) is 0 Å². The fourth-order valence-corrected chi connectivity index (χ4v) is 2.66. The molecule has 1 atom stereocenters. The summed E-state index contributed by atoms with van der Waals surface area (Å²) in [6.45, 7) is 6.02. The van der Waals surface area contributed by atoms with Gasteiger partial charge in [0.25, 0.3) is 5.91 Å². The Hall–Kier alpha value is -1.43. The number of carbonyl (C=O) groups excluding carboxylic acids is 1. The van der Waals surface area contributed by atoms with Crippen molar-refractivity contribution < 1.29 is 10.0 Å². The fraction of sp³-hybridized carbons (Fsp3) is 0.462. The Morgan fingerprint density at radius 1 is 1.56 bits per heavy atom. The van der Waals surface area contributed by atoms with Crippen molar-refractivity contribution in [1.82, 2.24) is 15.5 Å². The first kappa shape index (κ1) is 13.0. The minimum Gasteiger partial charge on any atom is -0.288 e. The molecule has 1 aromatic rings. The quantitative estimate of drug-likeness (QED) is 0.617. The molecular formula is C13H19N3O2. The first-order valence-electron chi connectivity index (χ1n) is 6.13. The fourth-order valence-electron chi connectivity index (χ4n) is 2.66. The Bertz CT molecular complexity index is 462. The monoisotopic (exact) mass is 249 g/mol. The number of rotatable bonds is 2. The van der Waals surface area contributed by atoms with Crippen LogP contribution in [0.25, 0.3) is 0 Å². The minimum absolute atomic E-state index is 0.301. The van der Waals surface area contributed by atoms with Gasteiger partial charge in [-0.15, -0.1) is 0 Å². The first-order valence-corrected chi connectivity index (χ1v) is 6.13. The third-order valence-corrected chi connectivity index (χ3v) is 3.57. The van der Waals surface area contributed by atoms with Gasteiger partial charge < -0.3 is 0 Å². The highest BCUT2D eigenvalue weighted by atomic mass is 16.5. The summed E-state index contributed by atoms with van der Waals surface area (Å²) in [6, 6.07) is 5.87. The van der Waals surface area contributed by atoms with Crippen molar-refractivity contribution in [3.8, 4) is 0 Å². The summed E-state index contributed by atoms with van der Waals surface area (Å²) >= 11 is 0. The van der Waals surface area contributed by atoms with Gasteiger partial charge in [0.1, 0.15) is 0 Å². The van der Waals surface area contributed by atoms with Crippen LogP contribution >= 0.6 is 0 Å². The summed E-state index contributed by atoms with van der Waals surface area (Å²) in [4.78, 5) is 11.4. The molecule has 0 aromatic heterocycles. The SMILES string of the molecule is CCN1C(C)c2ccc(C(=O)NO)cc2CN1C. The predicted molar refractivity (Wildman–Crippen MR) is 68.0 cm³/mol. The standard InChI is InChI=1S/C13H19N3O2/c1-4-16-9(2)12-6-5-10(13(17)14-18)7-11(12)8-15(16)3/h5-7,9,18H,4,8H2,1-3H3,(H,14,17). The van der Waals surface area contributed by atoms with Crippen molar-refractivity contribution in [2.45, 2.75) is 26.4 Å². The normalized spacial score (nSPS) is 20.6. The van der Waals surface area contributed by atoms with Gasteiger partial charge in [0, 0.05) is 31.7 Å². The van der Waals surface area contributed by atoms with E-state index in [9.17, 15) is 4.79 Å². The Labute approximate surface area is 107 Å². The van der Waals surface area contributed by atoms with Gasteiger partial charge in [0.2, 0.25) is 0 Å². The van der Waals surface area contributed by atoms with E-state index in [1.54, 1.807) is 11.5 Å². The van der Waals surface area contributed by atoms with Crippen LogP contribution < -0.4 is 5.48 Å². The Kier molecular flexibility index (Phi) is 3.65. The lowest BCUT2D eigenvalue weighted by Crippen LogP contribution is -2.44. The van der Waals surface area contributed by atoms with E-state index in [2.05, 4.69) is 23.9 Å². The van der Waals surface area contributed by atoms with Gasteiger partial charge in [-0.25, -0.2) is 15.5 Å². The summed E-state index contributed by atoms with van der Waals surface area (Å²) in [5.74, 6) is -0.467. The maximum atomic E-state index is 11.4. The molecule has 0 saturated heterocycles. The highest BCUT2D eigenvalue weighted by Crippen LogP contribution is 2.31. The second-order valence-corrected chi connectivity index (χ2v) is 4.60. The van der Waals surface area contributed by atoms with Crippen LogP contribution in [0.15, 0.2) is 18.2 Å². The third-order valence-electron chi connectivity index (χ3n) is 3.57. The molecule has 0 bridgehead atoms. The maximum Gasteiger partial charge on any atom is 0.274 e. The molecule has 5 nitrogen and oxygen atoms in total. The summed E-state index contributed by atoms with van der Waals surface area (Å²) in [5.41, 5.74) is 4.53. The van der Waals surface area contributed by atoms with Crippen LogP contribution in [-0.4, -0.2) is 34.7 Å². The number of amides is 1. The third kappa shape index (κ3) is 2.12. The highest BCUT2D eigenvalue weighted by molar-refractivity contribution is 5.93. The number of fused-ring (bicyclic) bond motifs is 1. The van der Waals surface area contributed by atoms with Crippen LogP contribution in [0.2, 0.25) is 0 Å². The highest BCUT2D eigenvalue weighted by Gasteiger charge is 2.27. The van der Waals surface area contributed by atoms with E-state index in [0.29, 0.717) is 11.6 Å². The Morgan fingerprint density at radius 2 is 2.28 bits per heavy atom. The lowest BCUT2D eigenvalue weighted by molar-refractivity contribution is -0.0507. The zero-order chi connectivity index (χ0) is 13.3. The molecule has 2 N–H and O–H groups in total. The molecule has 0 fully saturated rings. The van der Waals surface area contributed by atoms with Crippen molar-refractivity contribution in [2.24, 2.45) is 0 Å². The van der Waals surface area contributed by atoms with Crippen molar-refractivity contribution >= 4 is 5.91 Å². The molecule has 1 aromatic carbocycles. The topological polar surface area (TPSA) is 55.8 Å². The lowest BCUT2D eigenvalue weighted by atomic mass is 9.96. The second-order valence-electron chi connectivity index (χ2n) is 4.60. The van der Waals surface area contributed by atoms with Crippen LogP contribution in [0, 0.1) is 0 Å². The number of hydrogen-bond acceptors (Lipinski definition) is 4. The van der Waals surface area contributed by atoms with Crippen molar-refractivity contribution in [3.63, 3.8) is 0 Å². The molecular weight excluding hydrogens is 230 g/mol. The maximum absolute atomic E-state index is 11.4. The number of hydrogen-bond donors (Lipinski definition) is 2. The smallest absolute Gasteiger partial charge is 0.274 e. The van der Waals surface area contributed by atoms with Crippen molar-refractivity contribution in [3.05, 3.63) is 34.9 Å². The van der Waals surface area contributed by atoms with Gasteiger partial charge in [-0.3, -0.25) is 10.0 Å². The zero-order valence-electron chi connectivity index (χ0n) is 11.0. The molecule has 0 radical (unpaired) electrons. The number of hydroxylamine groups is 1. The molecule has 1 unspecified atom stereocenters. The van der Waals surface area contributed by atoms with Gasteiger partial charge in [0.15, 0.2) is 0 Å². The zero-order valence-corrected chi connectivity index (χ0v) is 11.0. The van der Waals surface area contributed by atoms with Gasteiger partial charge in [-0.05, 0) is 30.2 Å². The largest absolute Gasteiger partial charge is 0.288 e. The molecule has 0 saturated carbocycles. The molecule has 1 heterocycles. The van der Waals surface area contributed by atoms with E-state index in [0.717, 1.165) is 18.7 Å². The molecule has 18 heavy (non-hydrogen) atoms. The van der Waals surface area contributed by atoms with Crippen molar-refractivity contribution in [1.29, 1.82) is 0 Å². The van der Waals surface area contributed by atoms with E-state index >= 15 is 0 Å². The average molecular weight is 249 g/mol. The molecule has 1 aliphatic heterocycles. The van der Waals surface area contributed by atoms with Crippen LogP contribution in [0.5, 0.6) is 0 Å². The summed E-state index contributed by atoms with van der Waals surface area (Å²) in [6.07, 6.45) is 0. The van der Waals surface area contributed by atoms with Gasteiger partial charge >= 0.3 is 0 Å². The summed E-state index contributed by atoms with van der Waals surface area (Å²) < 4.78 is 0. The molecule has 0 spiro atoms. The number of hydrazine groups is 1. The van der Waals surface area contributed by atoms with Crippen LogP contribution in [0.3, 0.4) is 0 Å². The molecule has 5 heteroatoms. The van der Waals surface area contributed by atoms with E-state index in [1.165, 1.54) is 5.56 Å². The number of benzene rings is 1. The summed E-state index contributed by atoms with van der Waals surface area (Å²) in [5, 5.41) is 13.1. The first-order chi connectivity index (χ1) is 8.58. The molecule has 1 aliphatic rings. The number of nitrogens with zero attached hydrogens (tertiary/aromatic N) is 2. The van der Waals surface area contributed by atoms with E-state index in [1.807, 2.05) is 19.2 Å². The summed E-state index contributed by atoms with van der Waals surface area (Å²) in [7, 11) is 2.04. The minimum atomic E-state index is -0.467. The number of nitrogens with one attached hydrogen (secondary N) is 1. The molecule has 2 rings (SSSR count). The molecule has 1 amide bonds. The van der Waals surface area contributed by atoms with Gasteiger partial charge in [-0.1, -0.05) is 13.0 Å². The van der Waals surface area contributed by atoms with Crippen LogP contribution in [-0.2, 0) is 6.54 Å².